The number of carbonyl (C=O) groups is 1. The second-order valence-electron chi connectivity index (χ2n) is 3.81. The Morgan fingerprint density at radius 2 is 2.43 bits per heavy atom. The first-order valence-corrected chi connectivity index (χ1v) is 5.14. The van der Waals surface area contributed by atoms with Crippen LogP contribution in [0.15, 0.2) is 23.9 Å². The number of rotatable bonds is 2. The van der Waals surface area contributed by atoms with Crippen molar-refractivity contribution in [2.45, 2.75) is 31.7 Å². The molecule has 0 unspecified atom stereocenters. The van der Waals surface area contributed by atoms with Crippen molar-refractivity contribution in [1.29, 1.82) is 0 Å². The number of carboxylic acid groups (broad SMARTS) is 1. The number of nitrogens with zero attached hydrogens (tertiary/aromatic N) is 1. The number of hydrogen-bond acceptors (Lipinski definition) is 2. The van der Waals surface area contributed by atoms with E-state index in [9.17, 15) is 4.79 Å². The van der Waals surface area contributed by atoms with Gasteiger partial charge in [0, 0.05) is 12.2 Å². The fraction of sp³-hybridized carbons (Fsp3) is 0.545. The van der Waals surface area contributed by atoms with Gasteiger partial charge in [0.1, 0.15) is 6.04 Å². The molecule has 14 heavy (non-hydrogen) atoms. The molecule has 0 aromatic carbocycles. The van der Waals surface area contributed by atoms with Gasteiger partial charge < -0.3 is 10.0 Å². The zero-order valence-electron chi connectivity index (χ0n) is 8.15. The topological polar surface area (TPSA) is 40.5 Å². The molecule has 1 fully saturated rings. The highest BCUT2D eigenvalue weighted by atomic mass is 16.4. The first kappa shape index (κ1) is 9.31. The minimum atomic E-state index is -0.682. The number of hydrogen-bond donors (Lipinski definition) is 1. The van der Waals surface area contributed by atoms with Crippen LogP contribution in [-0.4, -0.2) is 28.6 Å². The number of carboxylic acids is 1. The maximum Gasteiger partial charge on any atom is 0.326 e. The summed E-state index contributed by atoms with van der Waals surface area (Å²) in [6.07, 6.45) is 10.00. The van der Waals surface area contributed by atoms with Crippen molar-refractivity contribution in [1.82, 2.24) is 4.90 Å². The van der Waals surface area contributed by atoms with Crippen LogP contribution in [0.3, 0.4) is 0 Å². The normalized spacial score (nSPS) is 26.4. The summed E-state index contributed by atoms with van der Waals surface area (Å²) in [5.74, 6) is -0.682. The van der Waals surface area contributed by atoms with E-state index in [0.717, 1.165) is 32.2 Å². The fourth-order valence-electron chi connectivity index (χ4n) is 2.20. The van der Waals surface area contributed by atoms with Gasteiger partial charge in [-0.15, -0.1) is 0 Å². The van der Waals surface area contributed by atoms with Crippen molar-refractivity contribution in [3.8, 4) is 0 Å². The Kier molecular flexibility index (Phi) is 2.57. The summed E-state index contributed by atoms with van der Waals surface area (Å²) < 4.78 is 0. The van der Waals surface area contributed by atoms with E-state index in [1.54, 1.807) is 0 Å². The monoisotopic (exact) mass is 193 g/mol. The van der Waals surface area contributed by atoms with Crippen molar-refractivity contribution in [3.05, 3.63) is 23.9 Å². The zero-order valence-corrected chi connectivity index (χ0v) is 8.15. The molecule has 0 saturated carbocycles. The van der Waals surface area contributed by atoms with Crippen LogP contribution in [0.2, 0.25) is 0 Å². The van der Waals surface area contributed by atoms with Crippen LogP contribution in [-0.2, 0) is 4.79 Å². The van der Waals surface area contributed by atoms with E-state index in [2.05, 4.69) is 6.08 Å². The molecule has 76 valence electrons. The molecule has 0 aromatic heterocycles. The molecule has 0 bridgehead atoms. The molecular weight excluding hydrogens is 178 g/mol. The smallest absolute Gasteiger partial charge is 0.326 e. The van der Waals surface area contributed by atoms with Crippen LogP contribution >= 0.6 is 0 Å². The number of likely N-dealkylation sites (tertiary alicyclic amines) is 1. The number of aliphatic carboxylic acids is 1. The van der Waals surface area contributed by atoms with Gasteiger partial charge in [0.2, 0.25) is 0 Å². The van der Waals surface area contributed by atoms with Gasteiger partial charge in [-0.2, -0.15) is 0 Å². The summed E-state index contributed by atoms with van der Waals surface area (Å²) >= 11 is 0. The largest absolute Gasteiger partial charge is 0.480 e. The van der Waals surface area contributed by atoms with E-state index in [0.29, 0.717) is 0 Å². The van der Waals surface area contributed by atoms with E-state index in [1.165, 1.54) is 5.70 Å². The Labute approximate surface area is 83.7 Å². The average molecular weight is 193 g/mol. The lowest BCUT2D eigenvalue weighted by Crippen LogP contribution is -2.35. The minimum absolute atomic E-state index is 0.284. The van der Waals surface area contributed by atoms with Crippen LogP contribution in [0.5, 0.6) is 0 Å². The van der Waals surface area contributed by atoms with Crippen molar-refractivity contribution in [2.24, 2.45) is 0 Å². The van der Waals surface area contributed by atoms with Gasteiger partial charge in [-0.3, -0.25) is 0 Å². The highest BCUT2D eigenvalue weighted by Gasteiger charge is 2.31. The summed E-state index contributed by atoms with van der Waals surface area (Å²) in [6.45, 7) is 0.899. The van der Waals surface area contributed by atoms with Crippen LogP contribution in [0, 0.1) is 0 Å². The first-order chi connectivity index (χ1) is 6.79. The van der Waals surface area contributed by atoms with Gasteiger partial charge in [0.05, 0.1) is 0 Å². The third-order valence-corrected chi connectivity index (χ3v) is 2.90. The Morgan fingerprint density at radius 1 is 1.57 bits per heavy atom. The lowest BCUT2D eigenvalue weighted by atomic mass is 10.1. The van der Waals surface area contributed by atoms with Crippen LogP contribution < -0.4 is 0 Å². The molecule has 1 heterocycles. The molecule has 1 N–H and O–H groups in total. The Hall–Kier alpha value is -1.25. The minimum Gasteiger partial charge on any atom is -0.480 e. The van der Waals surface area contributed by atoms with Crippen molar-refractivity contribution >= 4 is 5.97 Å². The molecule has 0 aromatic rings. The highest BCUT2D eigenvalue weighted by Crippen LogP contribution is 2.26. The third-order valence-electron chi connectivity index (χ3n) is 2.90. The molecule has 0 spiro atoms. The predicted molar refractivity (Wildman–Crippen MR) is 53.8 cm³/mol. The molecule has 3 heteroatoms. The standard InChI is InChI=1S/C11H15NO2/c13-11(14)10-7-4-8-12(10)9-5-2-1-3-6-9/h1-2,5,10H,3-4,6-8H2,(H,13,14)/t10-/m0/s1. The van der Waals surface area contributed by atoms with Crippen LogP contribution in [0.25, 0.3) is 0 Å². The summed E-state index contributed by atoms with van der Waals surface area (Å²) in [7, 11) is 0. The van der Waals surface area contributed by atoms with E-state index in [-0.39, 0.29) is 6.04 Å². The van der Waals surface area contributed by atoms with E-state index < -0.39 is 5.97 Å². The van der Waals surface area contributed by atoms with Gasteiger partial charge in [0.15, 0.2) is 0 Å². The SMILES string of the molecule is O=C(O)[C@@H]1CCCN1C1=CC=CCC1. The fourth-order valence-corrected chi connectivity index (χ4v) is 2.20. The van der Waals surface area contributed by atoms with E-state index >= 15 is 0 Å². The summed E-state index contributed by atoms with van der Waals surface area (Å²) in [5, 5.41) is 9.03. The van der Waals surface area contributed by atoms with Gasteiger partial charge in [0.25, 0.3) is 0 Å². The van der Waals surface area contributed by atoms with Crippen molar-refractivity contribution in [3.63, 3.8) is 0 Å². The summed E-state index contributed by atoms with van der Waals surface area (Å²) in [6, 6.07) is -0.284. The predicted octanol–water partition coefficient (Wildman–Crippen LogP) is 1.77. The Morgan fingerprint density at radius 3 is 3.07 bits per heavy atom. The molecule has 1 aliphatic carbocycles. The second kappa shape index (κ2) is 3.86. The second-order valence-corrected chi connectivity index (χ2v) is 3.81. The molecule has 2 aliphatic rings. The number of allylic oxidation sites excluding steroid dienone is 4. The van der Waals surface area contributed by atoms with Crippen molar-refractivity contribution < 1.29 is 9.90 Å². The Balaban J connectivity index is 2.12. The Bertz CT molecular complexity index is 294. The van der Waals surface area contributed by atoms with Crippen LogP contribution in [0.1, 0.15) is 25.7 Å². The molecular formula is C11H15NO2. The maximum atomic E-state index is 11.0. The van der Waals surface area contributed by atoms with E-state index in [4.69, 9.17) is 5.11 Å². The van der Waals surface area contributed by atoms with Gasteiger partial charge in [-0.1, -0.05) is 12.2 Å². The molecule has 2 rings (SSSR count). The first-order valence-electron chi connectivity index (χ1n) is 5.14. The van der Waals surface area contributed by atoms with Crippen LogP contribution in [0.4, 0.5) is 0 Å². The summed E-state index contributed by atoms with van der Waals surface area (Å²) in [5.41, 5.74) is 1.19. The quantitative estimate of drug-likeness (QED) is 0.726. The zero-order chi connectivity index (χ0) is 9.97. The third kappa shape index (κ3) is 1.67. The van der Waals surface area contributed by atoms with Gasteiger partial charge in [-0.05, 0) is 31.8 Å². The molecule has 3 nitrogen and oxygen atoms in total. The molecule has 0 radical (unpaired) electrons. The lowest BCUT2D eigenvalue weighted by Gasteiger charge is -2.27. The van der Waals surface area contributed by atoms with Crippen molar-refractivity contribution in [2.75, 3.05) is 6.54 Å². The van der Waals surface area contributed by atoms with Gasteiger partial charge >= 0.3 is 5.97 Å². The average Bonchev–Trinajstić information content (AvgIpc) is 2.67. The molecule has 0 amide bonds. The molecule has 1 saturated heterocycles. The highest BCUT2D eigenvalue weighted by molar-refractivity contribution is 5.74. The van der Waals surface area contributed by atoms with E-state index in [1.807, 2.05) is 17.1 Å². The molecule has 1 aliphatic heterocycles. The summed E-state index contributed by atoms with van der Waals surface area (Å²) in [4.78, 5) is 13.0. The lowest BCUT2D eigenvalue weighted by molar-refractivity contribution is -0.141. The maximum absolute atomic E-state index is 11.0. The van der Waals surface area contributed by atoms with Gasteiger partial charge in [-0.25, -0.2) is 4.79 Å². The molecule has 1 atom stereocenters.